The van der Waals surface area contributed by atoms with Gasteiger partial charge in [-0.15, -0.1) is 5.56 Å². The molecule has 0 N–H and O–H groups in total. The molecule has 1 aromatic rings. The number of hydrogen-bond acceptors (Lipinski definition) is 1. The Morgan fingerprint density at radius 2 is 1.77 bits per heavy atom. The van der Waals surface area contributed by atoms with Gasteiger partial charge < -0.3 is 0 Å². The van der Waals surface area contributed by atoms with E-state index in [1.54, 1.807) is 6.92 Å². The zero-order valence-corrected chi connectivity index (χ0v) is 13.7. The zero-order chi connectivity index (χ0) is 9.14. The molecule has 1 nitrogen and oxygen atoms in total. The molecule has 0 atom stereocenters. The molecular weight excluding hydrogens is 234 g/mol. The van der Waals surface area contributed by atoms with E-state index >= 15 is 0 Å². The Bertz CT molecular complexity index is 285. The van der Waals surface area contributed by atoms with E-state index in [2.05, 4.69) is 6.07 Å². The summed E-state index contributed by atoms with van der Waals surface area (Å²) in [4.78, 5) is 10.8. The molecule has 0 aliphatic rings. The van der Waals surface area contributed by atoms with Gasteiger partial charge in [0.2, 0.25) is 0 Å². The molecule has 0 aromatic heterocycles. The van der Waals surface area contributed by atoms with Crippen LogP contribution in [0.15, 0.2) is 12.1 Å². The normalized spacial score (nSPS) is 9.15. The van der Waals surface area contributed by atoms with Crippen LogP contribution in [0.1, 0.15) is 23.6 Å². The summed E-state index contributed by atoms with van der Waals surface area (Å²) >= 11 is 0. The van der Waals surface area contributed by atoms with Crippen molar-refractivity contribution in [2.24, 2.45) is 0 Å². The van der Waals surface area contributed by atoms with Crippen LogP contribution in [0.3, 0.4) is 0 Å². The van der Waals surface area contributed by atoms with Gasteiger partial charge in [0.1, 0.15) is 5.78 Å². The summed E-state index contributed by atoms with van der Waals surface area (Å²) < 4.78 is 0. The second-order valence-corrected chi connectivity index (χ2v) is 3.23. The number of Topliss-reactive ketones (excluding diaryl/α,β-unsaturated/α-hetero) is 1. The van der Waals surface area contributed by atoms with Crippen LogP contribution in [0, 0.1) is 19.9 Å². The van der Waals surface area contributed by atoms with E-state index in [1.807, 2.05) is 26.0 Å². The molecule has 0 bridgehead atoms. The molecular formula is C11H13ORb. The average Bonchev–Trinajstić information content (AvgIpc) is 1.81. The van der Waals surface area contributed by atoms with Gasteiger partial charge in [-0.2, -0.15) is 29.3 Å². The van der Waals surface area contributed by atoms with Crippen LogP contribution in [0.2, 0.25) is 0 Å². The third-order valence-electron chi connectivity index (χ3n) is 1.65. The molecule has 0 aliphatic heterocycles. The van der Waals surface area contributed by atoms with Crippen LogP contribution in [-0.2, 0) is 11.2 Å². The van der Waals surface area contributed by atoms with Crippen LogP contribution in [0.5, 0.6) is 0 Å². The molecule has 0 saturated carbocycles. The molecule has 1 aromatic carbocycles. The van der Waals surface area contributed by atoms with Crippen LogP contribution in [0.4, 0.5) is 0 Å². The van der Waals surface area contributed by atoms with Gasteiger partial charge in [-0.25, -0.2) is 0 Å². The molecule has 0 amide bonds. The van der Waals surface area contributed by atoms with Crippen molar-refractivity contribution in [3.8, 4) is 0 Å². The third kappa shape index (κ3) is 5.21. The summed E-state index contributed by atoms with van der Waals surface area (Å²) in [5.41, 5.74) is 3.30. The number of carbonyl (C=O) groups is 1. The first-order chi connectivity index (χ1) is 5.58. The standard InChI is InChI=1S/C11H13O.Rb/c1-8-4-9(2)6-11(5-8)7-10(3)12;/h5-6H,7H2,1-3H3;/q-1;+1. The molecule has 0 unspecified atom stereocenters. The summed E-state index contributed by atoms with van der Waals surface area (Å²) in [5, 5.41) is 0. The van der Waals surface area contributed by atoms with E-state index in [0.717, 1.165) is 16.7 Å². The van der Waals surface area contributed by atoms with Crippen molar-refractivity contribution in [1.29, 1.82) is 0 Å². The Hall–Kier alpha value is 0.695. The topological polar surface area (TPSA) is 17.1 Å². The van der Waals surface area contributed by atoms with E-state index in [0.29, 0.717) is 6.42 Å². The number of aryl methyl sites for hydroxylation is 2. The third-order valence-corrected chi connectivity index (χ3v) is 1.65. The second kappa shape index (κ2) is 6.23. The maximum atomic E-state index is 10.8. The molecule has 0 spiro atoms. The summed E-state index contributed by atoms with van der Waals surface area (Å²) in [6.45, 7) is 5.61. The van der Waals surface area contributed by atoms with E-state index in [9.17, 15) is 4.79 Å². The predicted molar refractivity (Wildman–Crippen MR) is 49.1 cm³/mol. The summed E-state index contributed by atoms with van der Waals surface area (Å²) in [5.74, 6) is 0.208. The maximum absolute atomic E-state index is 10.8. The molecule has 13 heavy (non-hydrogen) atoms. The van der Waals surface area contributed by atoms with Gasteiger partial charge in [0.25, 0.3) is 0 Å². The van der Waals surface area contributed by atoms with Gasteiger partial charge in [-0.1, -0.05) is 13.8 Å². The zero-order valence-electron chi connectivity index (χ0n) is 8.77. The molecule has 0 aliphatic carbocycles. The first-order valence-electron chi connectivity index (χ1n) is 4.07. The van der Waals surface area contributed by atoms with E-state index < -0.39 is 0 Å². The van der Waals surface area contributed by atoms with Crippen LogP contribution in [0.25, 0.3) is 0 Å². The van der Waals surface area contributed by atoms with E-state index in [1.165, 1.54) is 0 Å². The number of hydrogen-bond donors (Lipinski definition) is 0. The minimum absolute atomic E-state index is 0. The Labute approximate surface area is 129 Å². The van der Waals surface area contributed by atoms with Gasteiger partial charge in [0, 0.05) is 6.42 Å². The average molecular weight is 247 g/mol. The van der Waals surface area contributed by atoms with E-state index in [-0.39, 0.29) is 64.0 Å². The fourth-order valence-corrected chi connectivity index (χ4v) is 1.37. The molecule has 0 saturated heterocycles. The van der Waals surface area contributed by atoms with Gasteiger partial charge in [-0.05, 0) is 6.92 Å². The Morgan fingerprint density at radius 1 is 1.31 bits per heavy atom. The molecule has 2 heteroatoms. The van der Waals surface area contributed by atoms with Gasteiger partial charge in [0.15, 0.2) is 0 Å². The van der Waals surface area contributed by atoms with Crippen molar-refractivity contribution in [2.75, 3.05) is 0 Å². The number of carbonyl (C=O) groups excluding carboxylic acids is 1. The smallest absolute Gasteiger partial charge is 0.300 e. The van der Waals surface area contributed by atoms with Crippen LogP contribution < -0.4 is 58.2 Å². The summed E-state index contributed by atoms with van der Waals surface area (Å²) in [6.07, 6.45) is 0.538. The molecule has 0 heterocycles. The molecule has 0 radical (unpaired) electrons. The molecule has 0 fully saturated rings. The Kier molecular flexibility index (Phi) is 6.56. The van der Waals surface area contributed by atoms with Gasteiger partial charge in [-0.3, -0.25) is 4.79 Å². The quantitative estimate of drug-likeness (QED) is 0.627. The fraction of sp³-hybridized carbons (Fsp3) is 0.364. The Morgan fingerprint density at radius 3 is 2.15 bits per heavy atom. The Balaban J connectivity index is 0.00000144. The molecule has 1 rings (SSSR count). The number of benzene rings is 1. The molecule has 64 valence electrons. The minimum Gasteiger partial charge on any atom is -0.300 e. The SMILES string of the molecule is CC(=O)Cc1cc(C)[c-]c(C)c1.[Rb+]. The van der Waals surface area contributed by atoms with Crippen molar-refractivity contribution in [3.05, 3.63) is 34.9 Å². The van der Waals surface area contributed by atoms with Crippen molar-refractivity contribution in [2.45, 2.75) is 27.2 Å². The number of ketones is 1. The largest absolute Gasteiger partial charge is 1.00 e. The van der Waals surface area contributed by atoms with Crippen molar-refractivity contribution >= 4 is 5.78 Å². The number of rotatable bonds is 2. The van der Waals surface area contributed by atoms with Crippen molar-refractivity contribution in [1.82, 2.24) is 0 Å². The predicted octanol–water partition coefficient (Wildman–Crippen LogP) is -0.761. The van der Waals surface area contributed by atoms with Crippen LogP contribution in [-0.4, -0.2) is 5.78 Å². The van der Waals surface area contributed by atoms with Crippen molar-refractivity contribution in [3.63, 3.8) is 0 Å². The van der Waals surface area contributed by atoms with Gasteiger partial charge in [0.05, 0.1) is 0 Å². The minimum atomic E-state index is 0. The maximum Gasteiger partial charge on any atom is 1.00 e. The van der Waals surface area contributed by atoms with Gasteiger partial charge >= 0.3 is 58.2 Å². The summed E-state index contributed by atoms with van der Waals surface area (Å²) in [7, 11) is 0. The monoisotopic (exact) mass is 246 g/mol. The van der Waals surface area contributed by atoms with Crippen LogP contribution >= 0.6 is 0 Å². The first-order valence-corrected chi connectivity index (χ1v) is 4.07. The first kappa shape index (κ1) is 13.7. The summed E-state index contributed by atoms with van der Waals surface area (Å²) in [6, 6.07) is 7.19. The fourth-order valence-electron chi connectivity index (χ4n) is 1.37. The second-order valence-electron chi connectivity index (χ2n) is 3.23. The van der Waals surface area contributed by atoms with Crippen molar-refractivity contribution < 1.29 is 63.0 Å². The van der Waals surface area contributed by atoms with E-state index in [4.69, 9.17) is 0 Å².